The predicted molar refractivity (Wildman–Crippen MR) is 141 cm³/mol. The monoisotopic (exact) mass is 551 g/mol. The summed E-state index contributed by atoms with van der Waals surface area (Å²) in [4.78, 5) is 36.2. The normalized spacial score (nSPS) is 13.3. The van der Waals surface area contributed by atoms with Gasteiger partial charge < -0.3 is 9.84 Å². The largest absolute Gasteiger partial charge is 0.494 e. The van der Waals surface area contributed by atoms with Crippen LogP contribution in [0.4, 0.5) is 5.00 Å². The van der Waals surface area contributed by atoms with E-state index in [0.29, 0.717) is 26.9 Å². The quantitative estimate of drug-likeness (QED) is 0.253. The lowest BCUT2D eigenvalue weighted by atomic mass is 9.95. The number of thiophene rings is 1. The first-order chi connectivity index (χ1) is 17.0. The molecule has 9 heteroatoms. The molecule has 178 valence electrons. The highest BCUT2D eigenvalue weighted by Gasteiger charge is 2.26. The number of benzene rings is 1. The number of aliphatic imine (C=N–C) groups is 1. The van der Waals surface area contributed by atoms with Crippen molar-refractivity contribution in [3.8, 4) is 11.7 Å². The third-order valence-electron chi connectivity index (χ3n) is 5.99. The summed E-state index contributed by atoms with van der Waals surface area (Å²) in [6.45, 7) is 2.06. The number of halogens is 1. The molecule has 0 unspecified atom stereocenters. The van der Waals surface area contributed by atoms with Gasteiger partial charge in [0.25, 0.3) is 5.56 Å². The topological polar surface area (TPSA) is 93.8 Å². The van der Waals surface area contributed by atoms with E-state index in [1.54, 1.807) is 49.5 Å². The molecule has 35 heavy (non-hydrogen) atoms. The smallest absolute Gasteiger partial charge is 0.341 e. The van der Waals surface area contributed by atoms with Gasteiger partial charge in [-0.15, -0.1) is 11.3 Å². The van der Waals surface area contributed by atoms with Crippen LogP contribution in [0.15, 0.2) is 56.9 Å². The van der Waals surface area contributed by atoms with Crippen LogP contribution in [0.5, 0.6) is 5.88 Å². The Hall–Kier alpha value is -3.30. The van der Waals surface area contributed by atoms with Crippen molar-refractivity contribution < 1.29 is 14.6 Å². The molecule has 3 heterocycles. The molecule has 3 aromatic heterocycles. The zero-order valence-electron chi connectivity index (χ0n) is 19.0. The molecule has 0 saturated heterocycles. The Morgan fingerprint density at radius 2 is 2.00 bits per heavy atom. The molecule has 1 N–H and O–H groups in total. The Bertz CT molecular complexity index is 1520. The van der Waals surface area contributed by atoms with Crippen molar-refractivity contribution in [1.29, 1.82) is 0 Å². The number of aryl methyl sites for hydroxylation is 1. The summed E-state index contributed by atoms with van der Waals surface area (Å²) < 4.78 is 7.25. The minimum absolute atomic E-state index is 0.272. The molecule has 0 fully saturated rings. The van der Waals surface area contributed by atoms with Gasteiger partial charge in [0, 0.05) is 32.5 Å². The summed E-state index contributed by atoms with van der Waals surface area (Å²) in [6, 6.07) is 10.4. The molecule has 1 aliphatic carbocycles. The maximum Gasteiger partial charge on any atom is 0.341 e. The predicted octanol–water partition coefficient (Wildman–Crippen LogP) is 5.72. The second-order valence-corrected chi connectivity index (χ2v) is 10.1. The highest BCUT2D eigenvalue weighted by atomic mass is 79.9. The van der Waals surface area contributed by atoms with Gasteiger partial charge in [0.1, 0.15) is 10.8 Å². The molecule has 4 aromatic rings. The minimum atomic E-state index is -0.385. The maximum atomic E-state index is 13.3. The number of hydrogen-bond acceptors (Lipinski definition) is 7. The molecule has 0 amide bonds. The summed E-state index contributed by atoms with van der Waals surface area (Å²) in [5.74, 6) is -0.363. The van der Waals surface area contributed by atoms with Crippen LogP contribution in [0.25, 0.3) is 16.6 Å². The zero-order chi connectivity index (χ0) is 24.5. The number of hydrogen-bond donors (Lipinski definition) is 1. The van der Waals surface area contributed by atoms with Crippen molar-refractivity contribution >= 4 is 55.2 Å². The van der Waals surface area contributed by atoms with Gasteiger partial charge in [0.15, 0.2) is 0 Å². The van der Waals surface area contributed by atoms with Gasteiger partial charge >= 0.3 is 5.97 Å². The number of carbonyl (C=O) groups is 1. The summed E-state index contributed by atoms with van der Waals surface area (Å²) in [7, 11) is 0. The molecule has 0 radical (unpaired) electrons. The van der Waals surface area contributed by atoms with Gasteiger partial charge in [-0.2, -0.15) is 0 Å². The fourth-order valence-corrected chi connectivity index (χ4v) is 5.84. The number of aromatic nitrogens is 2. The highest BCUT2D eigenvalue weighted by molar-refractivity contribution is 9.10. The van der Waals surface area contributed by atoms with Crippen molar-refractivity contribution in [2.75, 3.05) is 6.61 Å². The van der Waals surface area contributed by atoms with E-state index in [4.69, 9.17) is 4.74 Å². The van der Waals surface area contributed by atoms with Crippen LogP contribution in [-0.4, -0.2) is 33.4 Å². The van der Waals surface area contributed by atoms with Gasteiger partial charge in [-0.25, -0.2) is 19.3 Å². The van der Waals surface area contributed by atoms with Crippen LogP contribution in [0.2, 0.25) is 0 Å². The molecular formula is C26H22BrN3O4S. The number of aromatic hydroxyl groups is 1. The van der Waals surface area contributed by atoms with Gasteiger partial charge in [-0.3, -0.25) is 4.79 Å². The Morgan fingerprint density at radius 3 is 2.74 bits per heavy atom. The Labute approximate surface area is 213 Å². The lowest BCUT2D eigenvalue weighted by Crippen LogP contribution is -2.21. The van der Waals surface area contributed by atoms with Crippen LogP contribution < -0.4 is 5.56 Å². The Balaban J connectivity index is 1.70. The van der Waals surface area contributed by atoms with E-state index in [1.165, 1.54) is 22.1 Å². The van der Waals surface area contributed by atoms with Crippen LogP contribution >= 0.6 is 27.3 Å². The second kappa shape index (κ2) is 9.75. The van der Waals surface area contributed by atoms with Crippen molar-refractivity contribution in [3.05, 3.63) is 79.0 Å². The molecule has 0 atom stereocenters. The van der Waals surface area contributed by atoms with Crippen molar-refractivity contribution in [3.63, 3.8) is 0 Å². The average Bonchev–Trinajstić information content (AvgIpc) is 3.24. The van der Waals surface area contributed by atoms with E-state index >= 15 is 0 Å². The van der Waals surface area contributed by atoms with Gasteiger partial charge in [-0.05, 0) is 72.3 Å². The van der Waals surface area contributed by atoms with Crippen LogP contribution in [0.3, 0.4) is 0 Å². The Morgan fingerprint density at radius 1 is 1.23 bits per heavy atom. The summed E-state index contributed by atoms with van der Waals surface area (Å²) >= 11 is 4.83. The summed E-state index contributed by atoms with van der Waals surface area (Å²) in [5, 5.41) is 12.8. The number of nitrogens with zero attached hydrogens (tertiary/aromatic N) is 3. The molecule has 0 spiro atoms. The molecule has 0 bridgehead atoms. The number of fused-ring (bicyclic) bond motifs is 2. The Kier molecular flexibility index (Phi) is 6.53. The number of rotatable bonds is 5. The van der Waals surface area contributed by atoms with Gasteiger partial charge in [-0.1, -0.05) is 18.2 Å². The number of carbonyl (C=O) groups excluding carboxylic acids is 1. The van der Waals surface area contributed by atoms with E-state index in [9.17, 15) is 14.7 Å². The number of ether oxygens (including phenoxy) is 1. The van der Waals surface area contributed by atoms with E-state index in [0.717, 1.165) is 40.6 Å². The molecule has 1 aliphatic rings. The van der Waals surface area contributed by atoms with Crippen LogP contribution in [-0.2, 0) is 17.6 Å². The SMILES string of the molecule is CCOC(=O)c1c(N=Cc2c(O)n(-c3ccc(Br)cn3)c(=O)c3ccccc23)sc2c1CCCC2. The van der Waals surface area contributed by atoms with E-state index in [-0.39, 0.29) is 29.8 Å². The molecule has 7 nitrogen and oxygen atoms in total. The third-order valence-corrected chi connectivity index (χ3v) is 7.66. The third kappa shape index (κ3) is 4.30. The number of esters is 1. The first kappa shape index (κ1) is 23.4. The van der Waals surface area contributed by atoms with Gasteiger partial charge in [0.2, 0.25) is 5.88 Å². The average molecular weight is 552 g/mol. The fraction of sp³-hybridized carbons (Fsp3) is 0.231. The molecule has 5 rings (SSSR count). The minimum Gasteiger partial charge on any atom is -0.494 e. The maximum absolute atomic E-state index is 13.3. The van der Waals surface area contributed by atoms with Crippen molar-refractivity contribution in [2.45, 2.75) is 32.6 Å². The lowest BCUT2D eigenvalue weighted by Gasteiger charge is -2.13. The molecule has 0 saturated carbocycles. The summed E-state index contributed by atoms with van der Waals surface area (Å²) in [6.07, 6.45) is 6.92. The molecular weight excluding hydrogens is 530 g/mol. The first-order valence-electron chi connectivity index (χ1n) is 11.3. The summed E-state index contributed by atoms with van der Waals surface area (Å²) in [5.41, 5.74) is 1.51. The van der Waals surface area contributed by atoms with Gasteiger partial charge in [0.05, 0.1) is 17.7 Å². The van der Waals surface area contributed by atoms with Crippen molar-refractivity contribution in [1.82, 2.24) is 9.55 Å². The number of pyridine rings is 2. The van der Waals surface area contributed by atoms with E-state index in [1.807, 2.05) is 0 Å². The molecule has 0 aliphatic heterocycles. The lowest BCUT2D eigenvalue weighted by molar-refractivity contribution is 0.0526. The van der Waals surface area contributed by atoms with Crippen LogP contribution in [0.1, 0.15) is 46.1 Å². The van der Waals surface area contributed by atoms with Crippen LogP contribution in [0, 0.1) is 0 Å². The van der Waals surface area contributed by atoms with E-state index in [2.05, 4.69) is 25.9 Å². The molecule has 1 aromatic carbocycles. The van der Waals surface area contributed by atoms with Crippen molar-refractivity contribution in [2.24, 2.45) is 4.99 Å². The second-order valence-electron chi connectivity index (χ2n) is 8.13. The fourth-order valence-electron chi connectivity index (χ4n) is 4.38. The highest BCUT2D eigenvalue weighted by Crippen LogP contribution is 2.40. The standard InChI is InChI=1S/C26H22BrN3O4S/c1-2-34-26(33)22-18-9-5-6-10-20(18)35-23(22)29-14-19-16-7-3-4-8-17(16)24(31)30(25(19)32)21-12-11-15(27)13-28-21/h3-4,7-8,11-14,32H,2,5-6,9-10H2,1H3. The van der Waals surface area contributed by atoms with E-state index < -0.39 is 0 Å². The first-order valence-corrected chi connectivity index (χ1v) is 12.9. The zero-order valence-corrected chi connectivity index (χ0v) is 21.4.